The van der Waals surface area contributed by atoms with E-state index in [1.54, 1.807) is 0 Å². The van der Waals surface area contributed by atoms with Gasteiger partial charge in [-0.1, -0.05) is 6.58 Å². The minimum Gasteiger partial charge on any atom is -0.410 e. The minimum atomic E-state index is -6.58. The van der Waals surface area contributed by atoms with Crippen molar-refractivity contribution in [3.63, 3.8) is 0 Å². The quantitative estimate of drug-likeness (QED) is 0.127. The van der Waals surface area contributed by atoms with Crippen LogP contribution >= 0.6 is 0 Å². The van der Waals surface area contributed by atoms with Gasteiger partial charge in [0.25, 0.3) is 0 Å². The SMILES string of the molecule is C=C(F)C(=O)OC(OCCCC(F)(F)C(F)(F)S(=O)(=O)O)(C(=O)N(C)C)C(F)(F)F. The Bertz CT molecular complexity index is 781. The van der Waals surface area contributed by atoms with Crippen molar-refractivity contribution in [2.24, 2.45) is 0 Å². The summed E-state index contributed by atoms with van der Waals surface area (Å²) in [5.41, 5.74) is 0. The van der Waals surface area contributed by atoms with Crippen LogP contribution in [0.25, 0.3) is 0 Å². The molecule has 1 amide bonds. The average molecular weight is 481 g/mol. The van der Waals surface area contributed by atoms with Crippen LogP contribution in [0.15, 0.2) is 12.4 Å². The van der Waals surface area contributed by atoms with E-state index in [9.17, 15) is 53.1 Å². The van der Waals surface area contributed by atoms with Gasteiger partial charge in [0, 0.05) is 20.5 Å². The fourth-order valence-electron chi connectivity index (χ4n) is 1.72. The van der Waals surface area contributed by atoms with Crippen LogP contribution in [0.5, 0.6) is 0 Å². The lowest BCUT2D eigenvalue weighted by Gasteiger charge is -2.34. The molecular formula is C13H15F8NO7S. The van der Waals surface area contributed by atoms with E-state index in [1.807, 2.05) is 0 Å². The lowest BCUT2D eigenvalue weighted by atomic mass is 10.2. The number of carbonyl (C=O) groups excluding carboxylic acids is 2. The van der Waals surface area contributed by atoms with Crippen molar-refractivity contribution in [3.05, 3.63) is 12.4 Å². The summed E-state index contributed by atoms with van der Waals surface area (Å²) in [5, 5.41) is -5.99. The van der Waals surface area contributed by atoms with Crippen molar-refractivity contribution < 1.29 is 67.2 Å². The molecule has 0 fully saturated rings. The second-order valence-corrected chi connectivity index (χ2v) is 7.22. The van der Waals surface area contributed by atoms with Crippen LogP contribution in [0.4, 0.5) is 35.1 Å². The summed E-state index contributed by atoms with van der Waals surface area (Å²) in [7, 11) is -5.13. The highest BCUT2D eigenvalue weighted by Gasteiger charge is 2.68. The molecule has 0 saturated carbocycles. The number of esters is 1. The number of likely N-dealkylation sites (N-methyl/N-ethyl adjacent to an activating group) is 1. The van der Waals surface area contributed by atoms with Crippen molar-refractivity contribution in [3.8, 4) is 0 Å². The Labute approximate surface area is 164 Å². The lowest BCUT2D eigenvalue weighted by molar-refractivity contribution is -0.350. The number of hydrogen-bond donors (Lipinski definition) is 1. The van der Waals surface area contributed by atoms with Crippen LogP contribution in [-0.4, -0.2) is 73.6 Å². The molecule has 0 aromatic heterocycles. The normalized spacial score (nSPS) is 15.3. The Morgan fingerprint density at radius 3 is 1.87 bits per heavy atom. The van der Waals surface area contributed by atoms with Gasteiger partial charge < -0.3 is 14.4 Å². The summed E-state index contributed by atoms with van der Waals surface area (Å²) >= 11 is 0. The molecule has 0 aliphatic rings. The smallest absolute Gasteiger partial charge is 0.410 e. The first-order valence-corrected chi connectivity index (χ1v) is 8.81. The maximum absolute atomic E-state index is 13.4. The van der Waals surface area contributed by atoms with Gasteiger partial charge in [0.15, 0.2) is 0 Å². The van der Waals surface area contributed by atoms with E-state index in [0.29, 0.717) is 0 Å². The van der Waals surface area contributed by atoms with E-state index >= 15 is 0 Å². The minimum absolute atomic E-state index is 0.183. The highest BCUT2D eigenvalue weighted by Crippen LogP contribution is 2.42. The van der Waals surface area contributed by atoms with Crippen molar-refractivity contribution in [1.29, 1.82) is 0 Å². The van der Waals surface area contributed by atoms with Gasteiger partial charge in [-0.2, -0.15) is 43.5 Å². The van der Waals surface area contributed by atoms with Crippen LogP contribution in [-0.2, 0) is 29.2 Å². The predicted molar refractivity (Wildman–Crippen MR) is 80.4 cm³/mol. The summed E-state index contributed by atoms with van der Waals surface area (Å²) in [6, 6.07) is 0. The number of carbonyl (C=O) groups is 2. The molecule has 17 heteroatoms. The van der Waals surface area contributed by atoms with Crippen LogP contribution in [0.1, 0.15) is 12.8 Å². The molecule has 1 unspecified atom stereocenters. The van der Waals surface area contributed by atoms with Crippen LogP contribution in [0.3, 0.4) is 0 Å². The zero-order valence-corrected chi connectivity index (χ0v) is 15.9. The van der Waals surface area contributed by atoms with Crippen LogP contribution in [0, 0.1) is 0 Å². The molecular weight excluding hydrogens is 466 g/mol. The third-order valence-electron chi connectivity index (χ3n) is 3.21. The summed E-state index contributed by atoms with van der Waals surface area (Å²) in [6.45, 7) is 0.729. The van der Waals surface area contributed by atoms with Gasteiger partial charge in [0.2, 0.25) is 5.83 Å². The Kier molecular flexibility index (Phi) is 8.40. The molecule has 0 aromatic rings. The Morgan fingerprint density at radius 1 is 1.07 bits per heavy atom. The van der Waals surface area contributed by atoms with E-state index in [1.165, 1.54) is 0 Å². The molecule has 0 aliphatic carbocycles. The molecule has 0 aromatic carbocycles. The lowest BCUT2D eigenvalue weighted by Crippen LogP contribution is -2.61. The molecule has 1 N–H and O–H groups in total. The molecule has 1 atom stereocenters. The average Bonchev–Trinajstić information content (AvgIpc) is 2.54. The van der Waals surface area contributed by atoms with E-state index in [-0.39, 0.29) is 4.90 Å². The van der Waals surface area contributed by atoms with E-state index in [0.717, 1.165) is 14.1 Å². The molecule has 8 nitrogen and oxygen atoms in total. The van der Waals surface area contributed by atoms with Gasteiger partial charge in [-0.05, 0) is 6.42 Å². The third-order valence-corrected chi connectivity index (χ3v) is 4.16. The van der Waals surface area contributed by atoms with Gasteiger partial charge in [-0.15, -0.1) is 0 Å². The molecule has 0 rings (SSSR count). The van der Waals surface area contributed by atoms with Crippen molar-refractivity contribution >= 4 is 22.0 Å². The first-order chi connectivity index (χ1) is 13.1. The molecule has 0 bridgehead atoms. The van der Waals surface area contributed by atoms with Gasteiger partial charge in [-0.25, -0.2) is 4.79 Å². The predicted octanol–water partition coefficient (Wildman–Crippen LogP) is 2.27. The Morgan fingerprint density at radius 2 is 1.53 bits per heavy atom. The molecule has 176 valence electrons. The maximum Gasteiger partial charge on any atom is 0.466 e. The van der Waals surface area contributed by atoms with E-state index in [4.69, 9.17) is 4.55 Å². The molecule has 0 saturated heterocycles. The van der Waals surface area contributed by atoms with Crippen LogP contribution in [0.2, 0.25) is 0 Å². The highest BCUT2D eigenvalue weighted by atomic mass is 32.2. The zero-order valence-electron chi connectivity index (χ0n) is 15.1. The molecule has 0 spiro atoms. The van der Waals surface area contributed by atoms with Crippen molar-refractivity contribution in [1.82, 2.24) is 4.90 Å². The van der Waals surface area contributed by atoms with Gasteiger partial charge in [0.1, 0.15) is 0 Å². The highest BCUT2D eigenvalue weighted by molar-refractivity contribution is 7.87. The number of nitrogens with zero attached hydrogens (tertiary/aromatic N) is 1. The molecule has 0 heterocycles. The second kappa shape index (κ2) is 9.01. The molecule has 0 radical (unpaired) electrons. The monoisotopic (exact) mass is 481 g/mol. The molecule has 30 heavy (non-hydrogen) atoms. The standard InChI is InChI=1S/C13H15F8NO7S/c1-7(14)8(23)29-11(12(17,18)19,9(24)22(2)3)28-6-4-5-10(15,16)13(20,21)30(25,26)27/h1,4-6H2,2-3H3,(H,25,26,27). The summed E-state index contributed by atoms with van der Waals surface area (Å²) < 4.78 is 143. The fourth-order valence-corrected chi connectivity index (χ4v) is 2.20. The molecule has 0 aliphatic heterocycles. The van der Waals surface area contributed by atoms with Gasteiger partial charge in [-0.3, -0.25) is 9.35 Å². The second-order valence-electron chi connectivity index (χ2n) is 5.76. The number of halogens is 8. The fraction of sp³-hybridized carbons (Fsp3) is 0.692. The zero-order chi connectivity index (χ0) is 24.3. The summed E-state index contributed by atoms with van der Waals surface area (Å²) in [5.74, 6) is -16.6. The summed E-state index contributed by atoms with van der Waals surface area (Å²) in [4.78, 5) is 23.3. The van der Waals surface area contributed by atoms with Crippen molar-refractivity contribution in [2.45, 2.75) is 36.0 Å². The van der Waals surface area contributed by atoms with E-state index < -0.39 is 70.4 Å². The number of alkyl halides is 7. The van der Waals surface area contributed by atoms with Crippen LogP contribution < -0.4 is 0 Å². The number of rotatable bonds is 10. The number of hydrogen-bond acceptors (Lipinski definition) is 6. The Hall–Kier alpha value is -2.01. The third kappa shape index (κ3) is 5.78. The van der Waals surface area contributed by atoms with Gasteiger partial charge >= 0.3 is 45.1 Å². The van der Waals surface area contributed by atoms with Gasteiger partial charge in [0.05, 0.1) is 6.61 Å². The maximum atomic E-state index is 13.4. The first-order valence-electron chi connectivity index (χ1n) is 7.37. The van der Waals surface area contributed by atoms with Crippen molar-refractivity contribution in [2.75, 3.05) is 20.7 Å². The first kappa shape index (κ1) is 28.0. The topological polar surface area (TPSA) is 110 Å². The Balaban J connectivity index is 5.73. The number of ether oxygens (including phenoxy) is 2. The number of amides is 1. The van der Waals surface area contributed by atoms with E-state index in [2.05, 4.69) is 16.1 Å². The summed E-state index contributed by atoms with van der Waals surface area (Å²) in [6.07, 6.45) is -9.50. The largest absolute Gasteiger partial charge is 0.466 e.